The molecule has 0 radical (unpaired) electrons. The highest BCUT2D eigenvalue weighted by molar-refractivity contribution is 14.1. The first-order valence-electron chi connectivity index (χ1n) is 9.75. The van der Waals surface area contributed by atoms with E-state index in [4.69, 9.17) is 0 Å². The Labute approximate surface area is 168 Å². The van der Waals surface area contributed by atoms with E-state index in [0.717, 1.165) is 31.3 Å². The van der Waals surface area contributed by atoms with Crippen LogP contribution in [0.1, 0.15) is 58.8 Å². The quantitative estimate of drug-likeness (QED) is 0.496. The minimum Gasteiger partial charge on any atom is -0.381 e. The molecule has 3 fully saturated rings. The van der Waals surface area contributed by atoms with Gasteiger partial charge in [0, 0.05) is 24.2 Å². The van der Waals surface area contributed by atoms with E-state index < -0.39 is 11.0 Å². The van der Waals surface area contributed by atoms with E-state index in [1.54, 1.807) is 6.08 Å². The van der Waals surface area contributed by atoms with E-state index in [1.165, 1.54) is 0 Å². The number of aliphatic hydroxyl groups is 1. The van der Waals surface area contributed by atoms with Crippen molar-refractivity contribution >= 4 is 39.9 Å². The summed E-state index contributed by atoms with van der Waals surface area (Å²) in [5, 5.41) is 11.3. The third kappa shape index (κ3) is 2.25. The van der Waals surface area contributed by atoms with Gasteiger partial charge in [0.25, 0.3) is 0 Å². The first-order chi connectivity index (χ1) is 12.2. The van der Waals surface area contributed by atoms with Crippen LogP contribution in [0.2, 0.25) is 0 Å². The van der Waals surface area contributed by atoms with Crippen LogP contribution in [-0.2, 0) is 14.4 Å². The lowest BCUT2D eigenvalue weighted by molar-refractivity contribution is -0.167. The lowest BCUT2D eigenvalue weighted by atomic mass is 9.46. The molecule has 0 aromatic carbocycles. The number of halogens is 1. The zero-order chi connectivity index (χ0) is 18.9. The predicted octanol–water partition coefficient (Wildman–Crippen LogP) is 3.43. The number of rotatable bonds is 2. The molecule has 0 saturated heterocycles. The number of fused-ring (bicyclic) bond motifs is 5. The third-order valence-corrected chi connectivity index (χ3v) is 9.08. The smallest absolute Gasteiger partial charge is 0.174 e. The molecule has 4 aliphatic rings. The molecule has 0 aliphatic heterocycles. The largest absolute Gasteiger partial charge is 0.381 e. The summed E-state index contributed by atoms with van der Waals surface area (Å²) >= 11 is 2.02. The molecule has 4 aliphatic carbocycles. The van der Waals surface area contributed by atoms with E-state index in [9.17, 15) is 19.5 Å². The zero-order valence-corrected chi connectivity index (χ0v) is 17.7. The molecule has 6 unspecified atom stereocenters. The van der Waals surface area contributed by atoms with Gasteiger partial charge in [-0.05, 0) is 55.4 Å². The topological polar surface area (TPSA) is 71.4 Å². The van der Waals surface area contributed by atoms with Crippen LogP contribution < -0.4 is 0 Å². The van der Waals surface area contributed by atoms with Gasteiger partial charge in [-0.3, -0.25) is 14.4 Å². The molecule has 6 atom stereocenters. The van der Waals surface area contributed by atoms with Crippen molar-refractivity contribution in [3.63, 3.8) is 0 Å². The maximum atomic E-state index is 13.4. The van der Waals surface area contributed by atoms with Crippen LogP contribution in [0.4, 0.5) is 0 Å². The second kappa shape index (κ2) is 5.97. The number of Topliss-reactive ketones (excluding diaryl/α,β-unsaturated/α-hetero) is 2. The average Bonchev–Trinajstić information content (AvgIpc) is 2.86. The Kier molecular flexibility index (Phi) is 4.31. The maximum absolute atomic E-state index is 13.4. The van der Waals surface area contributed by atoms with Crippen LogP contribution in [0.25, 0.3) is 0 Å². The van der Waals surface area contributed by atoms with Crippen molar-refractivity contribution in [2.24, 2.45) is 28.6 Å². The summed E-state index contributed by atoms with van der Waals surface area (Å²) in [5.41, 5.74) is -1.07. The Morgan fingerprint density at radius 2 is 1.96 bits per heavy atom. The second-order valence-corrected chi connectivity index (χ2v) is 10.1. The summed E-state index contributed by atoms with van der Waals surface area (Å²) < 4.78 is 0.283. The van der Waals surface area contributed by atoms with Crippen LogP contribution in [0, 0.1) is 28.6 Å². The number of hydrogen-bond acceptors (Lipinski definition) is 4. The van der Waals surface area contributed by atoms with Gasteiger partial charge >= 0.3 is 0 Å². The zero-order valence-electron chi connectivity index (χ0n) is 15.5. The number of ketones is 3. The Hall–Kier alpha value is -0.560. The molecule has 0 heterocycles. The predicted molar refractivity (Wildman–Crippen MR) is 106 cm³/mol. The van der Waals surface area contributed by atoms with Crippen LogP contribution in [-0.4, -0.2) is 32.5 Å². The highest BCUT2D eigenvalue weighted by atomic mass is 127. The van der Waals surface area contributed by atoms with E-state index in [1.807, 2.05) is 29.5 Å². The minimum absolute atomic E-state index is 0.0641. The molecular formula is C21H27IO4. The molecule has 142 valence electrons. The van der Waals surface area contributed by atoms with Gasteiger partial charge in [0.1, 0.15) is 11.4 Å². The van der Waals surface area contributed by atoms with Crippen molar-refractivity contribution in [1.82, 2.24) is 0 Å². The van der Waals surface area contributed by atoms with E-state index in [2.05, 4.69) is 6.92 Å². The van der Waals surface area contributed by atoms with Gasteiger partial charge in [-0.25, -0.2) is 0 Å². The molecule has 0 amide bonds. The normalized spacial score (nSPS) is 47.7. The highest BCUT2D eigenvalue weighted by Crippen LogP contribution is 2.66. The Morgan fingerprint density at radius 1 is 1.23 bits per heavy atom. The molecule has 26 heavy (non-hydrogen) atoms. The summed E-state index contributed by atoms with van der Waals surface area (Å²) in [5.74, 6) is 0.612. The number of hydrogen-bond donors (Lipinski definition) is 1. The summed E-state index contributed by atoms with van der Waals surface area (Å²) in [7, 11) is 0. The summed E-state index contributed by atoms with van der Waals surface area (Å²) in [6, 6.07) is 0. The number of alkyl halides is 1. The average molecular weight is 470 g/mol. The maximum Gasteiger partial charge on any atom is 0.174 e. The lowest BCUT2D eigenvalue weighted by Crippen LogP contribution is -2.60. The van der Waals surface area contributed by atoms with Crippen molar-refractivity contribution in [3.8, 4) is 0 Å². The van der Waals surface area contributed by atoms with Crippen molar-refractivity contribution < 1.29 is 19.5 Å². The van der Waals surface area contributed by atoms with E-state index >= 15 is 0 Å². The number of allylic oxidation sites excluding steroid dienone is 1. The van der Waals surface area contributed by atoms with Crippen molar-refractivity contribution in [3.05, 3.63) is 11.6 Å². The Bertz CT molecular complexity index is 728. The molecule has 0 spiro atoms. The fourth-order valence-electron chi connectivity index (χ4n) is 6.96. The fraction of sp³-hybridized carbons (Fsp3) is 0.762. The Balaban J connectivity index is 1.75. The van der Waals surface area contributed by atoms with Crippen molar-refractivity contribution in [2.75, 3.05) is 4.43 Å². The monoisotopic (exact) mass is 470 g/mol. The first-order valence-corrected chi connectivity index (χ1v) is 11.3. The van der Waals surface area contributed by atoms with Crippen molar-refractivity contribution in [1.29, 1.82) is 0 Å². The standard InChI is InChI=1S/C21H27IO4/c1-19-7-5-13(23)9-12(19)3-4-14-15-6-8-21(26,17(25)11-22)20(15,2)10-16(24)18(14)19/h9,14-15,18,26H,3-8,10-11H2,1-2H3. The van der Waals surface area contributed by atoms with Crippen LogP contribution in [0.15, 0.2) is 11.6 Å². The Morgan fingerprint density at radius 3 is 2.65 bits per heavy atom. The number of carbonyl (C=O) groups excluding carboxylic acids is 3. The molecule has 1 N–H and O–H groups in total. The summed E-state index contributed by atoms with van der Waals surface area (Å²) in [6.07, 6.45) is 6.41. The van der Waals surface area contributed by atoms with Gasteiger partial charge in [0.2, 0.25) is 0 Å². The van der Waals surface area contributed by atoms with Gasteiger partial charge in [-0.1, -0.05) is 42.0 Å². The van der Waals surface area contributed by atoms with Crippen molar-refractivity contribution in [2.45, 2.75) is 64.4 Å². The number of carbonyl (C=O) groups is 3. The SMILES string of the molecule is CC12CCC(=O)C=C1CCC1C2C(=O)CC2(C)C1CCC2(O)C(=O)CI. The third-order valence-electron chi connectivity index (χ3n) is 8.39. The summed E-state index contributed by atoms with van der Waals surface area (Å²) in [4.78, 5) is 37.9. The molecule has 4 rings (SSSR count). The first kappa shape index (κ1) is 18.8. The van der Waals surface area contributed by atoms with E-state index in [-0.39, 0.29) is 51.4 Å². The van der Waals surface area contributed by atoms with Crippen LogP contribution >= 0.6 is 22.6 Å². The molecule has 0 bridgehead atoms. The molecular weight excluding hydrogens is 443 g/mol. The second-order valence-electron chi connectivity index (χ2n) is 9.36. The minimum atomic E-state index is -1.36. The molecule has 5 heteroatoms. The lowest BCUT2D eigenvalue weighted by Gasteiger charge is -2.57. The van der Waals surface area contributed by atoms with Gasteiger partial charge in [-0.15, -0.1) is 0 Å². The molecule has 4 nitrogen and oxygen atoms in total. The van der Waals surface area contributed by atoms with Gasteiger partial charge in [0.15, 0.2) is 11.6 Å². The molecule has 0 aromatic rings. The molecule has 3 saturated carbocycles. The van der Waals surface area contributed by atoms with Crippen LogP contribution in [0.5, 0.6) is 0 Å². The van der Waals surface area contributed by atoms with Gasteiger partial charge in [-0.2, -0.15) is 0 Å². The van der Waals surface area contributed by atoms with Crippen LogP contribution in [0.3, 0.4) is 0 Å². The molecule has 0 aromatic heterocycles. The highest BCUT2D eigenvalue weighted by Gasteiger charge is 2.68. The van der Waals surface area contributed by atoms with E-state index in [0.29, 0.717) is 12.8 Å². The fourth-order valence-corrected chi connectivity index (χ4v) is 7.59. The van der Waals surface area contributed by atoms with Gasteiger partial charge in [0.05, 0.1) is 4.43 Å². The summed E-state index contributed by atoms with van der Waals surface area (Å²) in [6.45, 7) is 4.14. The van der Waals surface area contributed by atoms with Gasteiger partial charge < -0.3 is 5.11 Å².